The zero-order chi connectivity index (χ0) is 22.9. The number of furan rings is 1. The molecular weight excluding hydrogens is 505 g/mol. The highest BCUT2D eigenvalue weighted by atomic mass is 79.9. The predicted molar refractivity (Wildman–Crippen MR) is 133 cm³/mol. The van der Waals surface area contributed by atoms with E-state index >= 15 is 0 Å². The van der Waals surface area contributed by atoms with E-state index in [0.29, 0.717) is 21.1 Å². The third-order valence-electron chi connectivity index (χ3n) is 5.54. The summed E-state index contributed by atoms with van der Waals surface area (Å²) in [5, 5.41) is 3.97. The monoisotopic (exact) mass is 523 g/mol. The lowest BCUT2D eigenvalue weighted by molar-refractivity contribution is 0.414. The Hall–Kier alpha value is -3.23. The molecule has 1 saturated heterocycles. The topological polar surface area (TPSA) is 50.5 Å². The van der Waals surface area contributed by atoms with Gasteiger partial charge < -0.3 is 19.4 Å². The number of aromatic nitrogens is 1. The van der Waals surface area contributed by atoms with Crippen LogP contribution in [0.4, 0.5) is 10.1 Å². The lowest BCUT2D eigenvalue weighted by Gasteiger charge is -2.26. The Bertz CT molecular complexity index is 1310. The van der Waals surface area contributed by atoms with Crippen LogP contribution in [0.3, 0.4) is 0 Å². The summed E-state index contributed by atoms with van der Waals surface area (Å²) < 4.78 is 26.0. The average molecular weight is 524 g/mol. The lowest BCUT2D eigenvalue weighted by Crippen LogP contribution is -2.29. The second-order valence-electron chi connectivity index (χ2n) is 7.52. The SMILES string of the molecule is COc1cccc(N2C(=S)N[C@H](c3ccccn3)[C@@H]2c2ccc(-c3ccc(F)cc3Br)o2)c1. The molecule has 2 aromatic heterocycles. The quantitative estimate of drug-likeness (QED) is 0.304. The highest BCUT2D eigenvalue weighted by Crippen LogP contribution is 2.44. The molecule has 0 bridgehead atoms. The highest BCUT2D eigenvalue weighted by molar-refractivity contribution is 9.10. The molecule has 1 fully saturated rings. The van der Waals surface area contributed by atoms with Crippen molar-refractivity contribution in [3.8, 4) is 17.1 Å². The van der Waals surface area contributed by atoms with Crippen molar-refractivity contribution in [3.63, 3.8) is 0 Å². The number of anilines is 1. The van der Waals surface area contributed by atoms with E-state index in [1.165, 1.54) is 12.1 Å². The molecule has 3 heterocycles. The van der Waals surface area contributed by atoms with Crippen molar-refractivity contribution in [2.24, 2.45) is 0 Å². The van der Waals surface area contributed by atoms with Gasteiger partial charge in [-0.3, -0.25) is 4.98 Å². The highest BCUT2D eigenvalue weighted by Gasteiger charge is 2.42. The molecule has 1 aliphatic heterocycles. The van der Waals surface area contributed by atoms with E-state index in [2.05, 4.69) is 26.2 Å². The first-order valence-electron chi connectivity index (χ1n) is 10.2. The van der Waals surface area contributed by atoms with Gasteiger partial charge >= 0.3 is 0 Å². The molecule has 0 aliphatic carbocycles. The summed E-state index contributed by atoms with van der Waals surface area (Å²) in [6.07, 6.45) is 1.76. The summed E-state index contributed by atoms with van der Waals surface area (Å²) >= 11 is 9.18. The number of ether oxygens (including phenoxy) is 1. The molecule has 33 heavy (non-hydrogen) atoms. The van der Waals surface area contributed by atoms with E-state index in [4.69, 9.17) is 21.4 Å². The minimum atomic E-state index is -0.317. The first-order valence-corrected chi connectivity index (χ1v) is 11.4. The zero-order valence-corrected chi connectivity index (χ0v) is 19.9. The van der Waals surface area contributed by atoms with Crippen molar-refractivity contribution < 1.29 is 13.5 Å². The fraction of sp³-hybridized carbons (Fsp3) is 0.120. The molecule has 2 atom stereocenters. The average Bonchev–Trinajstić information content (AvgIpc) is 3.44. The molecule has 5 rings (SSSR count). The standard InChI is InChI=1S/C25H19BrFN3O2S/c1-31-17-6-4-5-16(14-17)30-24(23(29-25(30)33)20-7-2-3-12-28-20)22-11-10-21(32-22)18-9-8-15(27)13-19(18)26/h2-14,23-24H,1H3,(H,29,33)/t23-,24+/m1/s1. The molecule has 1 aliphatic rings. The molecular formula is C25H19BrFN3O2S. The van der Waals surface area contributed by atoms with E-state index in [1.807, 2.05) is 59.5 Å². The van der Waals surface area contributed by atoms with Crippen LogP contribution in [0.1, 0.15) is 23.5 Å². The minimum Gasteiger partial charge on any atom is -0.497 e. The number of thiocarbonyl (C=S) groups is 1. The van der Waals surface area contributed by atoms with Gasteiger partial charge in [-0.05, 0) is 82.7 Å². The van der Waals surface area contributed by atoms with Crippen LogP contribution in [0.2, 0.25) is 0 Å². The number of halogens is 2. The van der Waals surface area contributed by atoms with E-state index < -0.39 is 0 Å². The first kappa shape index (κ1) is 21.6. The summed E-state index contributed by atoms with van der Waals surface area (Å²) in [6, 6.07) is 21.3. The van der Waals surface area contributed by atoms with Gasteiger partial charge in [-0.2, -0.15) is 0 Å². The van der Waals surface area contributed by atoms with E-state index in [-0.39, 0.29) is 17.9 Å². The number of nitrogens with zero attached hydrogens (tertiary/aromatic N) is 2. The Balaban J connectivity index is 1.61. The van der Waals surface area contributed by atoms with Gasteiger partial charge in [0.25, 0.3) is 0 Å². The number of methoxy groups -OCH3 is 1. The van der Waals surface area contributed by atoms with E-state index in [0.717, 1.165) is 22.7 Å². The Morgan fingerprint density at radius 2 is 1.97 bits per heavy atom. The van der Waals surface area contributed by atoms with Gasteiger partial charge in [0.1, 0.15) is 29.1 Å². The minimum absolute atomic E-state index is 0.236. The molecule has 0 amide bonds. The molecule has 0 saturated carbocycles. The van der Waals surface area contributed by atoms with Crippen molar-refractivity contribution in [2.45, 2.75) is 12.1 Å². The first-order chi connectivity index (χ1) is 16.0. The Kier molecular flexibility index (Phi) is 5.86. The lowest BCUT2D eigenvalue weighted by atomic mass is 10.0. The van der Waals surface area contributed by atoms with Gasteiger partial charge in [-0.1, -0.05) is 12.1 Å². The summed E-state index contributed by atoms with van der Waals surface area (Å²) in [7, 11) is 1.63. The van der Waals surface area contributed by atoms with E-state index in [9.17, 15) is 4.39 Å². The molecule has 0 spiro atoms. The number of rotatable bonds is 5. The van der Waals surface area contributed by atoms with Gasteiger partial charge in [-0.15, -0.1) is 0 Å². The molecule has 1 N–H and O–H groups in total. The number of nitrogens with one attached hydrogen (secondary N) is 1. The third-order valence-corrected chi connectivity index (χ3v) is 6.52. The molecule has 5 nitrogen and oxygen atoms in total. The normalized spacial score (nSPS) is 17.8. The van der Waals surface area contributed by atoms with Crippen LogP contribution >= 0.6 is 28.1 Å². The number of hydrogen-bond acceptors (Lipinski definition) is 4. The van der Waals surface area contributed by atoms with Crippen molar-refractivity contribution in [1.29, 1.82) is 0 Å². The second-order valence-corrected chi connectivity index (χ2v) is 8.77. The maximum absolute atomic E-state index is 13.6. The fourth-order valence-corrected chi connectivity index (χ4v) is 4.92. The van der Waals surface area contributed by atoms with Gasteiger partial charge in [-0.25, -0.2) is 4.39 Å². The Morgan fingerprint density at radius 1 is 1.09 bits per heavy atom. The van der Waals surface area contributed by atoms with Crippen molar-refractivity contribution in [2.75, 3.05) is 12.0 Å². The van der Waals surface area contributed by atoms with Crippen LogP contribution in [-0.2, 0) is 0 Å². The molecule has 4 aromatic rings. The molecule has 0 radical (unpaired) electrons. The van der Waals surface area contributed by atoms with Gasteiger partial charge in [0.15, 0.2) is 5.11 Å². The van der Waals surface area contributed by atoms with Gasteiger partial charge in [0.05, 0.1) is 18.8 Å². The fourth-order valence-electron chi connectivity index (χ4n) is 4.03. The van der Waals surface area contributed by atoms with Crippen molar-refractivity contribution >= 4 is 38.9 Å². The summed E-state index contributed by atoms with van der Waals surface area (Å²) in [5.74, 6) is 1.74. The Labute approximate surface area is 204 Å². The number of hydrogen-bond donors (Lipinski definition) is 1. The van der Waals surface area contributed by atoms with Crippen LogP contribution in [0, 0.1) is 5.82 Å². The van der Waals surface area contributed by atoms with Gasteiger partial charge in [0, 0.05) is 28.0 Å². The van der Waals surface area contributed by atoms with Crippen LogP contribution in [0.15, 0.2) is 87.9 Å². The van der Waals surface area contributed by atoms with E-state index in [1.54, 1.807) is 19.4 Å². The molecule has 166 valence electrons. The predicted octanol–water partition coefficient (Wildman–Crippen LogP) is 6.43. The molecule has 0 unspecified atom stereocenters. The molecule has 8 heteroatoms. The summed E-state index contributed by atoms with van der Waals surface area (Å²) in [6.45, 7) is 0. The van der Waals surface area contributed by atoms with Crippen LogP contribution in [-0.4, -0.2) is 17.2 Å². The van der Waals surface area contributed by atoms with Crippen LogP contribution in [0.5, 0.6) is 5.75 Å². The van der Waals surface area contributed by atoms with Crippen LogP contribution in [0.25, 0.3) is 11.3 Å². The number of benzene rings is 2. The van der Waals surface area contributed by atoms with Crippen molar-refractivity contribution in [3.05, 3.63) is 101 Å². The third kappa shape index (κ3) is 4.12. The van der Waals surface area contributed by atoms with Crippen LogP contribution < -0.4 is 15.0 Å². The smallest absolute Gasteiger partial charge is 0.174 e. The zero-order valence-electron chi connectivity index (χ0n) is 17.5. The Morgan fingerprint density at radius 3 is 2.73 bits per heavy atom. The maximum atomic E-state index is 13.6. The summed E-state index contributed by atoms with van der Waals surface area (Å²) in [5.41, 5.74) is 2.48. The largest absolute Gasteiger partial charge is 0.497 e. The maximum Gasteiger partial charge on any atom is 0.174 e. The number of pyridine rings is 1. The summed E-state index contributed by atoms with van der Waals surface area (Å²) in [4.78, 5) is 6.57. The van der Waals surface area contributed by atoms with Gasteiger partial charge in [0.2, 0.25) is 0 Å². The molecule has 2 aromatic carbocycles. The second kappa shape index (κ2) is 8.96. The van der Waals surface area contributed by atoms with Crippen molar-refractivity contribution in [1.82, 2.24) is 10.3 Å².